The Hall–Kier alpha value is -0.990. The molecule has 1 aliphatic carbocycles. The summed E-state index contributed by atoms with van der Waals surface area (Å²) in [7, 11) is 0. The van der Waals surface area contributed by atoms with E-state index in [0.29, 0.717) is 5.22 Å². The van der Waals surface area contributed by atoms with Crippen LogP contribution >= 0.6 is 11.6 Å². The molecule has 0 radical (unpaired) electrons. The zero-order chi connectivity index (χ0) is 13.2. The summed E-state index contributed by atoms with van der Waals surface area (Å²) in [6.07, 6.45) is 4.11. The van der Waals surface area contributed by atoms with Gasteiger partial charge in [-0.1, -0.05) is 38.0 Å². The average molecular weight is 278 g/mol. The highest BCUT2D eigenvalue weighted by molar-refractivity contribution is 6.30. The van der Waals surface area contributed by atoms with Gasteiger partial charge in [-0.25, -0.2) is 0 Å². The zero-order valence-corrected chi connectivity index (χ0v) is 12.0. The van der Waals surface area contributed by atoms with Crippen LogP contribution < -0.4 is 5.32 Å². The molecule has 0 aliphatic heterocycles. The van der Waals surface area contributed by atoms with E-state index in [2.05, 4.69) is 18.3 Å². The topological polar surface area (TPSA) is 25.2 Å². The van der Waals surface area contributed by atoms with Gasteiger partial charge in [-0.2, -0.15) is 0 Å². The number of nitrogens with one attached hydrogen (secondary N) is 1. The monoisotopic (exact) mass is 277 g/mol. The molecule has 0 saturated heterocycles. The third kappa shape index (κ3) is 2.65. The molecule has 102 valence electrons. The number of hydrogen-bond acceptors (Lipinski definition) is 2. The van der Waals surface area contributed by atoms with E-state index in [0.717, 1.165) is 41.5 Å². The summed E-state index contributed by atoms with van der Waals surface area (Å²) >= 11 is 6.19. The number of hydrogen-bond donors (Lipinski definition) is 1. The van der Waals surface area contributed by atoms with E-state index < -0.39 is 0 Å². The number of halogens is 1. The van der Waals surface area contributed by atoms with Crippen molar-refractivity contribution >= 4 is 22.6 Å². The highest BCUT2D eigenvalue weighted by atomic mass is 35.5. The molecule has 0 amide bonds. The molecule has 1 N–H and O–H groups in total. The molecule has 3 rings (SSSR count). The van der Waals surface area contributed by atoms with Crippen LogP contribution in [0, 0.1) is 11.8 Å². The Morgan fingerprint density at radius 3 is 2.95 bits per heavy atom. The van der Waals surface area contributed by atoms with Crippen molar-refractivity contribution in [2.75, 3.05) is 6.54 Å². The van der Waals surface area contributed by atoms with Crippen molar-refractivity contribution < 1.29 is 4.42 Å². The van der Waals surface area contributed by atoms with Gasteiger partial charge in [-0.15, -0.1) is 0 Å². The molecule has 1 aromatic heterocycles. The Bertz CT molecular complexity index is 563. The molecule has 1 fully saturated rings. The first-order chi connectivity index (χ1) is 9.25. The molecular formula is C16H20ClNO. The van der Waals surface area contributed by atoms with Gasteiger partial charge in [0.1, 0.15) is 5.58 Å². The van der Waals surface area contributed by atoms with Crippen molar-refractivity contribution in [1.82, 2.24) is 5.32 Å². The van der Waals surface area contributed by atoms with Crippen LogP contribution in [0.15, 0.2) is 28.7 Å². The first-order valence-electron chi connectivity index (χ1n) is 7.12. The fourth-order valence-electron chi connectivity index (χ4n) is 3.14. The number of fused-ring (bicyclic) bond motifs is 1. The van der Waals surface area contributed by atoms with Gasteiger partial charge in [0, 0.05) is 17.5 Å². The highest BCUT2D eigenvalue weighted by Crippen LogP contribution is 2.32. The van der Waals surface area contributed by atoms with E-state index in [1.807, 2.05) is 18.2 Å². The van der Waals surface area contributed by atoms with Gasteiger partial charge in [0.2, 0.25) is 0 Å². The maximum absolute atomic E-state index is 6.19. The highest BCUT2D eigenvalue weighted by Gasteiger charge is 2.23. The summed E-state index contributed by atoms with van der Waals surface area (Å²) in [6, 6.07) is 8.03. The lowest BCUT2D eigenvalue weighted by Crippen LogP contribution is -2.23. The lowest BCUT2D eigenvalue weighted by atomic mass is 9.98. The van der Waals surface area contributed by atoms with Crippen molar-refractivity contribution in [1.29, 1.82) is 0 Å². The van der Waals surface area contributed by atoms with E-state index in [1.165, 1.54) is 19.3 Å². The molecule has 19 heavy (non-hydrogen) atoms. The second-order valence-corrected chi connectivity index (χ2v) is 5.99. The Morgan fingerprint density at radius 1 is 1.32 bits per heavy atom. The van der Waals surface area contributed by atoms with Gasteiger partial charge in [0.25, 0.3) is 0 Å². The van der Waals surface area contributed by atoms with Gasteiger partial charge in [0.15, 0.2) is 5.22 Å². The van der Waals surface area contributed by atoms with Crippen LogP contribution in [-0.4, -0.2) is 6.54 Å². The number of rotatable bonds is 4. The van der Waals surface area contributed by atoms with Crippen molar-refractivity contribution in [3.63, 3.8) is 0 Å². The summed E-state index contributed by atoms with van der Waals surface area (Å²) in [5.74, 6) is 1.67. The van der Waals surface area contributed by atoms with Crippen LogP contribution in [0.25, 0.3) is 11.0 Å². The first kappa shape index (κ1) is 13.0. The molecule has 0 spiro atoms. The summed E-state index contributed by atoms with van der Waals surface area (Å²) < 4.78 is 5.57. The Labute approximate surface area is 119 Å². The second kappa shape index (κ2) is 5.56. The molecule has 2 atom stereocenters. The molecular weight excluding hydrogens is 258 g/mol. The molecule has 2 nitrogen and oxygen atoms in total. The van der Waals surface area contributed by atoms with E-state index in [4.69, 9.17) is 16.0 Å². The second-order valence-electron chi connectivity index (χ2n) is 5.65. The number of benzene rings is 1. The standard InChI is InChI=1S/C16H20ClNO/c1-11-5-4-6-12(11)9-18-10-14-13-7-2-3-8-15(13)19-16(14)17/h2-3,7-8,11-12,18H,4-6,9-10H2,1H3. The Morgan fingerprint density at radius 2 is 2.16 bits per heavy atom. The van der Waals surface area contributed by atoms with Crippen LogP contribution in [0.1, 0.15) is 31.7 Å². The SMILES string of the molecule is CC1CCCC1CNCc1c(Cl)oc2ccccc12. The average Bonchev–Trinajstić information content (AvgIpc) is 2.94. The van der Waals surface area contributed by atoms with E-state index in [9.17, 15) is 0 Å². The fraction of sp³-hybridized carbons (Fsp3) is 0.500. The maximum atomic E-state index is 6.19. The summed E-state index contributed by atoms with van der Waals surface area (Å²) in [4.78, 5) is 0. The Balaban J connectivity index is 1.66. The minimum absolute atomic E-state index is 0.521. The molecule has 1 aliphatic rings. The molecule has 1 heterocycles. The number of para-hydroxylation sites is 1. The normalized spacial score (nSPS) is 23.3. The third-order valence-electron chi connectivity index (χ3n) is 4.40. The number of furan rings is 1. The minimum Gasteiger partial charge on any atom is -0.444 e. The predicted molar refractivity (Wildman–Crippen MR) is 79.4 cm³/mol. The van der Waals surface area contributed by atoms with Crippen LogP contribution in [-0.2, 0) is 6.54 Å². The quantitative estimate of drug-likeness (QED) is 0.883. The smallest absolute Gasteiger partial charge is 0.199 e. The third-order valence-corrected chi connectivity index (χ3v) is 4.70. The van der Waals surface area contributed by atoms with Crippen LogP contribution in [0.2, 0.25) is 5.22 Å². The van der Waals surface area contributed by atoms with E-state index >= 15 is 0 Å². The van der Waals surface area contributed by atoms with Gasteiger partial charge in [-0.3, -0.25) is 0 Å². The largest absolute Gasteiger partial charge is 0.444 e. The predicted octanol–water partition coefficient (Wildman–Crippen LogP) is 4.61. The summed E-state index contributed by atoms with van der Waals surface area (Å²) in [5.41, 5.74) is 1.96. The van der Waals surface area contributed by atoms with Gasteiger partial charge >= 0.3 is 0 Å². The van der Waals surface area contributed by atoms with Crippen LogP contribution in [0.5, 0.6) is 0 Å². The van der Waals surface area contributed by atoms with Crippen molar-refractivity contribution in [2.24, 2.45) is 11.8 Å². The summed E-state index contributed by atoms with van der Waals surface area (Å²) in [5, 5.41) is 5.19. The minimum atomic E-state index is 0.521. The van der Waals surface area contributed by atoms with Gasteiger partial charge in [0.05, 0.1) is 0 Å². The van der Waals surface area contributed by atoms with Crippen LogP contribution in [0.3, 0.4) is 0 Å². The van der Waals surface area contributed by atoms with Crippen molar-refractivity contribution in [2.45, 2.75) is 32.7 Å². The van der Waals surface area contributed by atoms with Gasteiger partial charge < -0.3 is 9.73 Å². The molecule has 1 aromatic carbocycles. The molecule has 2 aromatic rings. The molecule has 0 bridgehead atoms. The molecule has 3 heteroatoms. The van der Waals surface area contributed by atoms with Gasteiger partial charge in [-0.05, 0) is 42.5 Å². The maximum Gasteiger partial charge on any atom is 0.199 e. The zero-order valence-electron chi connectivity index (χ0n) is 11.3. The first-order valence-corrected chi connectivity index (χ1v) is 7.50. The van der Waals surface area contributed by atoms with Crippen LogP contribution in [0.4, 0.5) is 0 Å². The van der Waals surface area contributed by atoms with Crippen molar-refractivity contribution in [3.05, 3.63) is 35.0 Å². The lowest BCUT2D eigenvalue weighted by Gasteiger charge is -2.15. The summed E-state index contributed by atoms with van der Waals surface area (Å²) in [6.45, 7) is 4.23. The van der Waals surface area contributed by atoms with Crippen molar-refractivity contribution in [3.8, 4) is 0 Å². The molecule has 2 unspecified atom stereocenters. The molecule has 1 saturated carbocycles. The lowest BCUT2D eigenvalue weighted by molar-refractivity contribution is 0.392. The van der Waals surface area contributed by atoms with E-state index in [1.54, 1.807) is 0 Å². The van der Waals surface area contributed by atoms with E-state index in [-0.39, 0.29) is 0 Å². The Kier molecular flexibility index (Phi) is 3.81. The fourth-order valence-corrected chi connectivity index (χ4v) is 3.39.